The van der Waals surface area contributed by atoms with Gasteiger partial charge in [0.05, 0.1) is 0 Å². The third-order valence-electron chi connectivity index (χ3n) is 3.22. The molecule has 0 aromatic rings. The molecule has 0 saturated heterocycles. The summed E-state index contributed by atoms with van der Waals surface area (Å²) in [6.07, 6.45) is 8.73. The van der Waals surface area contributed by atoms with E-state index in [0.717, 1.165) is 11.8 Å². The summed E-state index contributed by atoms with van der Waals surface area (Å²) in [6.45, 7) is 2.35. The number of hydrogen-bond donors (Lipinski definition) is 0. The predicted molar refractivity (Wildman–Crippen MR) is 46.6 cm³/mol. The normalized spacial score (nSPS) is 26.2. The topological polar surface area (TPSA) is 14.1 Å². The first-order chi connectivity index (χ1) is 5.45. The van der Waals surface area contributed by atoms with Crippen LogP contribution in [0.3, 0.4) is 0 Å². The van der Waals surface area contributed by atoms with E-state index in [2.05, 4.69) is 5.32 Å². The molecule has 0 heterocycles. The molecule has 0 amide bonds. The Morgan fingerprint density at radius 2 is 1.27 bits per heavy atom. The minimum absolute atomic E-state index is 0.982. The van der Waals surface area contributed by atoms with E-state index in [0.29, 0.717) is 0 Å². The van der Waals surface area contributed by atoms with Gasteiger partial charge in [0, 0.05) is 13.1 Å². The van der Waals surface area contributed by atoms with Crippen molar-refractivity contribution in [3.63, 3.8) is 0 Å². The van der Waals surface area contributed by atoms with Crippen LogP contribution in [0.2, 0.25) is 0 Å². The molecule has 2 fully saturated rings. The van der Waals surface area contributed by atoms with Gasteiger partial charge in [0.25, 0.3) is 0 Å². The monoisotopic (exact) mass is 152 g/mol. The van der Waals surface area contributed by atoms with Gasteiger partial charge < -0.3 is 0 Å². The standard InChI is InChI=1S/C10H18N/c1-3-9(4-1)7-11-8-10-5-2-6-10/h9-10H,1-8H2. The molecule has 1 radical (unpaired) electrons. The first-order valence-corrected chi connectivity index (χ1v) is 5.08. The Morgan fingerprint density at radius 3 is 1.55 bits per heavy atom. The van der Waals surface area contributed by atoms with Crippen LogP contribution in [-0.4, -0.2) is 13.1 Å². The van der Waals surface area contributed by atoms with Crippen LogP contribution in [0.5, 0.6) is 0 Å². The van der Waals surface area contributed by atoms with E-state index >= 15 is 0 Å². The molecule has 0 spiro atoms. The lowest BCUT2D eigenvalue weighted by Gasteiger charge is -2.28. The fraction of sp³-hybridized carbons (Fsp3) is 1.00. The van der Waals surface area contributed by atoms with Gasteiger partial charge in [0.15, 0.2) is 0 Å². The molecule has 2 saturated carbocycles. The molecule has 63 valence electrons. The molecule has 0 aliphatic heterocycles. The van der Waals surface area contributed by atoms with Gasteiger partial charge in [0.1, 0.15) is 0 Å². The van der Waals surface area contributed by atoms with Crippen molar-refractivity contribution in [2.24, 2.45) is 11.8 Å². The maximum atomic E-state index is 4.62. The molecular weight excluding hydrogens is 134 g/mol. The molecule has 2 aliphatic carbocycles. The summed E-state index contributed by atoms with van der Waals surface area (Å²) in [5.74, 6) is 1.96. The van der Waals surface area contributed by atoms with E-state index in [4.69, 9.17) is 0 Å². The Balaban J connectivity index is 1.46. The maximum absolute atomic E-state index is 4.62. The van der Waals surface area contributed by atoms with E-state index in [1.54, 1.807) is 0 Å². The predicted octanol–water partition coefficient (Wildman–Crippen LogP) is 2.19. The summed E-state index contributed by atoms with van der Waals surface area (Å²) in [4.78, 5) is 0. The van der Waals surface area contributed by atoms with Crippen molar-refractivity contribution in [1.29, 1.82) is 0 Å². The molecule has 0 aromatic carbocycles. The van der Waals surface area contributed by atoms with Gasteiger partial charge in [-0.3, -0.25) is 0 Å². The lowest BCUT2D eigenvalue weighted by Crippen LogP contribution is -2.28. The molecule has 0 atom stereocenters. The summed E-state index contributed by atoms with van der Waals surface area (Å²) in [7, 11) is 0. The Hall–Kier alpha value is -0.0400. The highest BCUT2D eigenvalue weighted by Crippen LogP contribution is 2.27. The van der Waals surface area contributed by atoms with Crippen LogP contribution in [0.4, 0.5) is 0 Å². The smallest absolute Gasteiger partial charge is 0.0161 e. The van der Waals surface area contributed by atoms with Gasteiger partial charge in [-0.05, 0) is 37.5 Å². The van der Waals surface area contributed by atoms with Crippen molar-refractivity contribution in [1.82, 2.24) is 5.32 Å². The van der Waals surface area contributed by atoms with Gasteiger partial charge in [0.2, 0.25) is 0 Å². The second-order valence-electron chi connectivity index (χ2n) is 4.18. The highest BCUT2D eigenvalue weighted by molar-refractivity contribution is 4.75. The van der Waals surface area contributed by atoms with E-state index in [9.17, 15) is 0 Å². The van der Waals surface area contributed by atoms with Crippen LogP contribution in [0, 0.1) is 11.8 Å². The van der Waals surface area contributed by atoms with Gasteiger partial charge >= 0.3 is 0 Å². The highest BCUT2D eigenvalue weighted by atomic mass is 14.9. The SMILES string of the molecule is C1CC(C[N]CC2CCC2)C1. The van der Waals surface area contributed by atoms with Crippen LogP contribution in [0.25, 0.3) is 0 Å². The largest absolute Gasteiger partial charge is 0.241 e. The van der Waals surface area contributed by atoms with Crippen molar-refractivity contribution in [3.05, 3.63) is 0 Å². The molecule has 0 bridgehead atoms. The van der Waals surface area contributed by atoms with E-state index in [-0.39, 0.29) is 0 Å². The minimum Gasteiger partial charge on any atom is -0.241 e. The first-order valence-electron chi connectivity index (χ1n) is 5.08. The Morgan fingerprint density at radius 1 is 0.818 bits per heavy atom. The zero-order valence-corrected chi connectivity index (χ0v) is 7.26. The molecule has 1 nitrogen and oxygen atoms in total. The molecule has 11 heavy (non-hydrogen) atoms. The van der Waals surface area contributed by atoms with Crippen LogP contribution < -0.4 is 5.32 Å². The zero-order valence-electron chi connectivity index (χ0n) is 7.26. The lowest BCUT2D eigenvalue weighted by molar-refractivity contribution is 0.259. The third kappa shape index (κ3) is 1.96. The summed E-state index contributed by atoms with van der Waals surface area (Å²) in [6, 6.07) is 0. The second kappa shape index (κ2) is 3.57. The molecular formula is C10H18N. The number of hydrogen-bond acceptors (Lipinski definition) is 0. The summed E-state index contributed by atoms with van der Waals surface area (Å²) in [5.41, 5.74) is 0. The molecule has 1 heteroatoms. The summed E-state index contributed by atoms with van der Waals surface area (Å²) < 4.78 is 0. The quantitative estimate of drug-likeness (QED) is 0.586. The lowest BCUT2D eigenvalue weighted by atomic mass is 9.83. The Kier molecular flexibility index (Phi) is 2.47. The minimum atomic E-state index is 0.982. The van der Waals surface area contributed by atoms with Gasteiger partial charge in [-0.15, -0.1) is 0 Å². The van der Waals surface area contributed by atoms with Crippen molar-refractivity contribution >= 4 is 0 Å². The molecule has 2 rings (SSSR count). The van der Waals surface area contributed by atoms with Crippen molar-refractivity contribution in [2.45, 2.75) is 38.5 Å². The molecule has 0 N–H and O–H groups in total. The average Bonchev–Trinajstić information content (AvgIpc) is 1.79. The van der Waals surface area contributed by atoms with Gasteiger partial charge in [-0.2, -0.15) is 0 Å². The number of nitrogens with zero attached hydrogens (tertiary/aromatic N) is 1. The average molecular weight is 152 g/mol. The summed E-state index contributed by atoms with van der Waals surface area (Å²) in [5, 5.41) is 4.62. The first kappa shape index (κ1) is 7.60. The van der Waals surface area contributed by atoms with Crippen LogP contribution in [0.15, 0.2) is 0 Å². The van der Waals surface area contributed by atoms with Crippen LogP contribution in [0.1, 0.15) is 38.5 Å². The van der Waals surface area contributed by atoms with Crippen LogP contribution >= 0.6 is 0 Å². The van der Waals surface area contributed by atoms with E-state index in [1.807, 2.05) is 0 Å². The summed E-state index contributed by atoms with van der Waals surface area (Å²) >= 11 is 0. The van der Waals surface area contributed by atoms with Crippen molar-refractivity contribution in [3.8, 4) is 0 Å². The molecule has 0 aromatic heterocycles. The van der Waals surface area contributed by atoms with E-state index in [1.165, 1.54) is 51.6 Å². The Bertz CT molecular complexity index is 100. The maximum Gasteiger partial charge on any atom is 0.0161 e. The van der Waals surface area contributed by atoms with Crippen molar-refractivity contribution in [2.75, 3.05) is 13.1 Å². The Labute approximate surface area is 69.6 Å². The van der Waals surface area contributed by atoms with Crippen LogP contribution in [-0.2, 0) is 0 Å². The van der Waals surface area contributed by atoms with Gasteiger partial charge in [-0.25, -0.2) is 5.32 Å². The third-order valence-corrected chi connectivity index (χ3v) is 3.22. The fourth-order valence-corrected chi connectivity index (χ4v) is 1.79. The highest BCUT2D eigenvalue weighted by Gasteiger charge is 2.20. The zero-order chi connectivity index (χ0) is 7.52. The van der Waals surface area contributed by atoms with Crippen molar-refractivity contribution < 1.29 is 0 Å². The van der Waals surface area contributed by atoms with Gasteiger partial charge in [-0.1, -0.05) is 12.8 Å². The molecule has 0 unspecified atom stereocenters. The van der Waals surface area contributed by atoms with E-state index < -0.39 is 0 Å². The molecule has 2 aliphatic rings. The second-order valence-corrected chi connectivity index (χ2v) is 4.18. The number of rotatable bonds is 4. The fourth-order valence-electron chi connectivity index (χ4n) is 1.79.